The molecule has 0 amide bonds. The molecule has 0 atom stereocenters. The van der Waals surface area contributed by atoms with Gasteiger partial charge < -0.3 is 10.6 Å². The third kappa shape index (κ3) is 3.16. The van der Waals surface area contributed by atoms with Crippen molar-refractivity contribution < 1.29 is 0 Å². The van der Waals surface area contributed by atoms with Crippen molar-refractivity contribution in [2.45, 2.75) is 44.6 Å². The number of rotatable bonds is 3. The maximum Gasteiger partial charge on any atom is 0.0363 e. The van der Waals surface area contributed by atoms with Crippen LogP contribution in [0.15, 0.2) is 24.3 Å². The van der Waals surface area contributed by atoms with Gasteiger partial charge in [0, 0.05) is 24.5 Å². The highest BCUT2D eigenvalue weighted by molar-refractivity contribution is 5.56. The Kier molecular flexibility index (Phi) is 4.09. The Morgan fingerprint density at radius 1 is 1.00 bits per heavy atom. The van der Waals surface area contributed by atoms with Crippen LogP contribution in [0, 0.1) is 0 Å². The van der Waals surface area contributed by atoms with E-state index >= 15 is 0 Å². The van der Waals surface area contributed by atoms with Gasteiger partial charge >= 0.3 is 0 Å². The van der Waals surface area contributed by atoms with Crippen LogP contribution in [-0.4, -0.2) is 13.1 Å². The van der Waals surface area contributed by atoms with Crippen LogP contribution < -0.4 is 10.6 Å². The van der Waals surface area contributed by atoms with Crippen LogP contribution in [0.3, 0.4) is 0 Å². The second-order valence-corrected chi connectivity index (χ2v) is 4.66. The van der Waals surface area contributed by atoms with Crippen molar-refractivity contribution in [3.63, 3.8) is 0 Å². The van der Waals surface area contributed by atoms with Gasteiger partial charge in [-0.05, 0) is 31.0 Å². The van der Waals surface area contributed by atoms with Gasteiger partial charge in [0.05, 0.1) is 0 Å². The number of benzene rings is 1. The van der Waals surface area contributed by atoms with Gasteiger partial charge in [0.2, 0.25) is 0 Å². The molecule has 1 aromatic rings. The first kappa shape index (κ1) is 11.3. The van der Waals surface area contributed by atoms with Crippen molar-refractivity contribution in [2.75, 3.05) is 17.7 Å². The largest absolute Gasteiger partial charge is 0.388 e. The van der Waals surface area contributed by atoms with Crippen LogP contribution >= 0.6 is 0 Å². The standard InChI is InChI=1S/C14H22N2/c1-15-13-9-6-10-14(11-13)16-12-7-4-2-3-5-8-12/h6,9-12,15-16H,2-5,7-8H2,1H3. The summed E-state index contributed by atoms with van der Waals surface area (Å²) in [5.74, 6) is 0. The van der Waals surface area contributed by atoms with E-state index in [-0.39, 0.29) is 0 Å². The molecule has 0 aromatic heterocycles. The minimum Gasteiger partial charge on any atom is -0.388 e. The molecule has 0 heterocycles. The summed E-state index contributed by atoms with van der Waals surface area (Å²) in [5, 5.41) is 6.83. The fourth-order valence-electron chi connectivity index (χ4n) is 2.42. The lowest BCUT2D eigenvalue weighted by molar-refractivity contribution is 0.620. The summed E-state index contributed by atoms with van der Waals surface area (Å²) in [5.41, 5.74) is 2.43. The van der Waals surface area contributed by atoms with E-state index in [0.717, 1.165) is 0 Å². The van der Waals surface area contributed by atoms with Crippen molar-refractivity contribution >= 4 is 11.4 Å². The Bertz CT molecular complexity index is 314. The quantitative estimate of drug-likeness (QED) is 0.753. The number of nitrogens with one attached hydrogen (secondary N) is 2. The molecule has 2 heteroatoms. The maximum atomic E-state index is 3.66. The van der Waals surface area contributed by atoms with E-state index in [1.54, 1.807) is 0 Å². The third-order valence-corrected chi connectivity index (χ3v) is 3.38. The Balaban J connectivity index is 1.96. The summed E-state index contributed by atoms with van der Waals surface area (Å²) < 4.78 is 0. The molecule has 0 unspecified atom stereocenters. The first-order chi connectivity index (χ1) is 7.88. The number of anilines is 2. The summed E-state index contributed by atoms with van der Waals surface area (Å²) in [6.07, 6.45) is 8.23. The molecule has 16 heavy (non-hydrogen) atoms. The minimum atomic E-state index is 0.676. The van der Waals surface area contributed by atoms with E-state index in [9.17, 15) is 0 Å². The zero-order chi connectivity index (χ0) is 11.2. The van der Waals surface area contributed by atoms with Gasteiger partial charge in [0.1, 0.15) is 0 Å². The average molecular weight is 218 g/mol. The predicted octanol–water partition coefficient (Wildman–Crippen LogP) is 3.86. The monoisotopic (exact) mass is 218 g/mol. The highest BCUT2D eigenvalue weighted by atomic mass is 14.9. The molecule has 1 aliphatic carbocycles. The van der Waals surface area contributed by atoms with Crippen molar-refractivity contribution in [1.82, 2.24) is 0 Å². The summed E-state index contributed by atoms with van der Waals surface area (Å²) in [7, 11) is 1.96. The van der Waals surface area contributed by atoms with Gasteiger partial charge in [-0.15, -0.1) is 0 Å². The van der Waals surface area contributed by atoms with E-state index < -0.39 is 0 Å². The molecule has 2 N–H and O–H groups in total. The predicted molar refractivity (Wildman–Crippen MR) is 71.1 cm³/mol. The van der Waals surface area contributed by atoms with Crippen LogP contribution in [0.4, 0.5) is 11.4 Å². The first-order valence-corrected chi connectivity index (χ1v) is 6.43. The van der Waals surface area contributed by atoms with E-state index in [4.69, 9.17) is 0 Å². The molecule has 1 saturated carbocycles. The lowest BCUT2D eigenvalue weighted by Crippen LogP contribution is -2.18. The SMILES string of the molecule is CNc1cccc(NC2CCCCCC2)c1. The zero-order valence-electron chi connectivity index (χ0n) is 10.1. The normalized spacial score (nSPS) is 17.8. The summed E-state index contributed by atoms with van der Waals surface area (Å²) in [4.78, 5) is 0. The van der Waals surface area contributed by atoms with Crippen molar-refractivity contribution in [3.05, 3.63) is 24.3 Å². The Morgan fingerprint density at radius 3 is 2.38 bits per heavy atom. The Labute approximate surface area is 98.4 Å². The summed E-state index contributed by atoms with van der Waals surface area (Å²) in [6.45, 7) is 0. The maximum absolute atomic E-state index is 3.66. The highest BCUT2D eigenvalue weighted by Gasteiger charge is 2.11. The van der Waals surface area contributed by atoms with Crippen LogP contribution in [0.1, 0.15) is 38.5 Å². The Morgan fingerprint density at radius 2 is 1.69 bits per heavy atom. The van der Waals surface area contributed by atoms with Gasteiger partial charge in [-0.25, -0.2) is 0 Å². The molecule has 1 fully saturated rings. The second kappa shape index (κ2) is 5.78. The summed E-state index contributed by atoms with van der Waals surface area (Å²) in [6, 6.07) is 9.22. The average Bonchev–Trinajstić information content (AvgIpc) is 2.58. The molecular weight excluding hydrogens is 196 g/mol. The van der Waals surface area contributed by atoms with Gasteiger partial charge in [-0.2, -0.15) is 0 Å². The lowest BCUT2D eigenvalue weighted by Gasteiger charge is -2.18. The van der Waals surface area contributed by atoms with Gasteiger partial charge in [-0.3, -0.25) is 0 Å². The van der Waals surface area contributed by atoms with Gasteiger partial charge in [-0.1, -0.05) is 31.7 Å². The topological polar surface area (TPSA) is 24.1 Å². The van der Waals surface area contributed by atoms with E-state index in [0.29, 0.717) is 6.04 Å². The number of hydrogen-bond acceptors (Lipinski definition) is 2. The van der Waals surface area contributed by atoms with Crippen molar-refractivity contribution in [2.24, 2.45) is 0 Å². The smallest absolute Gasteiger partial charge is 0.0363 e. The van der Waals surface area contributed by atoms with Crippen LogP contribution in [0.25, 0.3) is 0 Å². The molecule has 0 radical (unpaired) electrons. The van der Waals surface area contributed by atoms with Crippen LogP contribution in [0.5, 0.6) is 0 Å². The minimum absolute atomic E-state index is 0.676. The Hall–Kier alpha value is -1.18. The van der Waals surface area contributed by atoms with Crippen molar-refractivity contribution in [1.29, 1.82) is 0 Å². The molecule has 0 spiro atoms. The zero-order valence-corrected chi connectivity index (χ0v) is 10.1. The number of hydrogen-bond donors (Lipinski definition) is 2. The molecule has 2 nitrogen and oxygen atoms in total. The third-order valence-electron chi connectivity index (χ3n) is 3.38. The summed E-state index contributed by atoms with van der Waals surface area (Å²) >= 11 is 0. The fraction of sp³-hybridized carbons (Fsp3) is 0.571. The van der Waals surface area contributed by atoms with Crippen molar-refractivity contribution in [3.8, 4) is 0 Å². The molecule has 2 rings (SSSR count). The molecular formula is C14H22N2. The molecule has 88 valence electrons. The molecule has 1 aliphatic rings. The molecule has 0 aliphatic heterocycles. The lowest BCUT2D eigenvalue weighted by atomic mass is 10.1. The molecule has 1 aromatic carbocycles. The van der Waals surface area contributed by atoms with E-state index in [1.165, 1.54) is 49.9 Å². The van der Waals surface area contributed by atoms with Crippen LogP contribution in [0.2, 0.25) is 0 Å². The molecule has 0 saturated heterocycles. The van der Waals surface area contributed by atoms with Crippen LogP contribution in [-0.2, 0) is 0 Å². The van der Waals surface area contributed by atoms with Gasteiger partial charge in [0.15, 0.2) is 0 Å². The first-order valence-electron chi connectivity index (χ1n) is 6.43. The second-order valence-electron chi connectivity index (χ2n) is 4.66. The van der Waals surface area contributed by atoms with Gasteiger partial charge in [0.25, 0.3) is 0 Å². The highest BCUT2D eigenvalue weighted by Crippen LogP contribution is 2.22. The van der Waals surface area contributed by atoms with E-state index in [1.807, 2.05) is 7.05 Å². The fourth-order valence-corrected chi connectivity index (χ4v) is 2.42. The van der Waals surface area contributed by atoms with E-state index in [2.05, 4.69) is 34.9 Å². The molecule has 0 bridgehead atoms.